The summed E-state index contributed by atoms with van der Waals surface area (Å²) in [6.07, 6.45) is 5.00. The smallest absolute Gasteiger partial charge is 0.255 e. The Morgan fingerprint density at radius 1 is 1.06 bits per heavy atom. The Labute approximate surface area is 205 Å². The number of halogens is 1. The Kier molecular flexibility index (Phi) is 7.00. The van der Waals surface area contributed by atoms with Crippen LogP contribution in [0.2, 0.25) is 5.02 Å². The van der Waals surface area contributed by atoms with E-state index in [0.717, 1.165) is 24.0 Å². The van der Waals surface area contributed by atoms with E-state index in [-0.39, 0.29) is 23.9 Å². The molecule has 0 bridgehead atoms. The molecule has 1 fully saturated rings. The van der Waals surface area contributed by atoms with Crippen molar-refractivity contribution in [2.45, 2.75) is 44.2 Å². The molecule has 3 N–H and O–H groups in total. The molecule has 2 aromatic carbocycles. The highest BCUT2D eigenvalue weighted by molar-refractivity contribution is 6.30. The Morgan fingerprint density at radius 3 is 2.35 bits per heavy atom. The van der Waals surface area contributed by atoms with Crippen LogP contribution in [0.25, 0.3) is 0 Å². The molecule has 7 heteroatoms. The minimum Gasteiger partial charge on any atom is -0.337 e. The van der Waals surface area contributed by atoms with Crippen LogP contribution in [0.3, 0.4) is 0 Å². The first-order chi connectivity index (χ1) is 16.3. The molecule has 0 radical (unpaired) electrons. The summed E-state index contributed by atoms with van der Waals surface area (Å²) in [5.41, 5.74) is 9.01. The van der Waals surface area contributed by atoms with E-state index >= 15 is 0 Å². The summed E-state index contributed by atoms with van der Waals surface area (Å²) in [6.45, 7) is 4.56. The quantitative estimate of drug-likeness (QED) is 0.526. The van der Waals surface area contributed by atoms with Gasteiger partial charge in [0.2, 0.25) is 5.91 Å². The third-order valence-corrected chi connectivity index (χ3v) is 6.82. The van der Waals surface area contributed by atoms with Gasteiger partial charge in [0.05, 0.1) is 17.5 Å². The van der Waals surface area contributed by atoms with E-state index in [9.17, 15) is 9.59 Å². The molecule has 2 amide bonds. The zero-order chi connectivity index (χ0) is 24.3. The van der Waals surface area contributed by atoms with Crippen molar-refractivity contribution < 1.29 is 9.59 Å². The topological polar surface area (TPSA) is 88.3 Å². The first kappa shape index (κ1) is 23.9. The zero-order valence-electron chi connectivity index (χ0n) is 19.4. The van der Waals surface area contributed by atoms with Crippen molar-refractivity contribution in [3.8, 4) is 0 Å². The van der Waals surface area contributed by atoms with Crippen molar-refractivity contribution in [1.82, 2.24) is 9.88 Å². The Bertz CT molecular complexity index is 1150. The van der Waals surface area contributed by atoms with Gasteiger partial charge in [-0.25, -0.2) is 0 Å². The molecule has 1 aromatic heterocycles. The first-order valence-electron chi connectivity index (χ1n) is 11.4. The number of likely N-dealkylation sites (tertiary alicyclic amines) is 1. The molecular formula is C27H29ClN4O2. The highest BCUT2D eigenvalue weighted by atomic mass is 35.5. The molecule has 4 rings (SSSR count). The lowest BCUT2D eigenvalue weighted by molar-refractivity contribution is -0.137. The predicted octanol–water partition coefficient (Wildman–Crippen LogP) is 4.96. The number of nitrogens with one attached hydrogen (secondary N) is 1. The summed E-state index contributed by atoms with van der Waals surface area (Å²) < 4.78 is 0. The van der Waals surface area contributed by atoms with Crippen LogP contribution in [0.15, 0.2) is 73.1 Å². The third-order valence-electron chi connectivity index (χ3n) is 6.57. The molecule has 2 unspecified atom stereocenters. The molecule has 2 atom stereocenters. The van der Waals surface area contributed by atoms with Crippen molar-refractivity contribution in [3.05, 3.63) is 94.8 Å². The maximum atomic E-state index is 13.6. The van der Waals surface area contributed by atoms with Gasteiger partial charge in [-0.15, -0.1) is 0 Å². The summed E-state index contributed by atoms with van der Waals surface area (Å²) in [5, 5.41) is 3.49. The number of hydrogen-bond acceptors (Lipinski definition) is 4. The fourth-order valence-electron chi connectivity index (χ4n) is 4.48. The summed E-state index contributed by atoms with van der Waals surface area (Å²) in [6, 6.07) is 17.7. The van der Waals surface area contributed by atoms with Gasteiger partial charge >= 0.3 is 0 Å². The van der Waals surface area contributed by atoms with Crippen molar-refractivity contribution in [1.29, 1.82) is 0 Å². The lowest BCUT2D eigenvalue weighted by atomic mass is 9.82. The van der Waals surface area contributed by atoms with E-state index in [1.807, 2.05) is 55.1 Å². The van der Waals surface area contributed by atoms with E-state index in [1.165, 1.54) is 0 Å². The summed E-state index contributed by atoms with van der Waals surface area (Å²) in [7, 11) is 0. The molecule has 6 nitrogen and oxygen atoms in total. The van der Waals surface area contributed by atoms with Crippen LogP contribution in [0.1, 0.15) is 54.2 Å². The second kappa shape index (κ2) is 9.95. The average molecular weight is 477 g/mol. The van der Waals surface area contributed by atoms with E-state index in [4.69, 9.17) is 17.3 Å². The number of hydrogen-bond donors (Lipinski definition) is 2. The number of amides is 2. The van der Waals surface area contributed by atoms with Crippen molar-refractivity contribution in [2.75, 3.05) is 11.9 Å². The van der Waals surface area contributed by atoms with E-state index < -0.39 is 5.41 Å². The summed E-state index contributed by atoms with van der Waals surface area (Å²) in [4.78, 5) is 32.0. The Hall–Kier alpha value is -3.22. The summed E-state index contributed by atoms with van der Waals surface area (Å²) >= 11 is 6.03. The van der Waals surface area contributed by atoms with Gasteiger partial charge in [-0.2, -0.15) is 0 Å². The minimum absolute atomic E-state index is 0.0566. The maximum absolute atomic E-state index is 13.6. The van der Waals surface area contributed by atoms with Crippen molar-refractivity contribution in [2.24, 2.45) is 5.73 Å². The molecule has 0 saturated carbocycles. The molecule has 1 saturated heterocycles. The van der Waals surface area contributed by atoms with Gasteiger partial charge in [0.15, 0.2) is 0 Å². The van der Waals surface area contributed by atoms with E-state index in [0.29, 0.717) is 22.8 Å². The average Bonchev–Trinajstić information content (AvgIpc) is 3.34. The first-order valence-corrected chi connectivity index (χ1v) is 11.8. The molecule has 0 spiro atoms. The van der Waals surface area contributed by atoms with Gasteiger partial charge in [-0.05, 0) is 74.2 Å². The van der Waals surface area contributed by atoms with E-state index in [2.05, 4.69) is 10.3 Å². The van der Waals surface area contributed by atoms with Gasteiger partial charge in [0, 0.05) is 35.2 Å². The maximum Gasteiger partial charge on any atom is 0.255 e. The van der Waals surface area contributed by atoms with Gasteiger partial charge in [-0.3, -0.25) is 14.6 Å². The standard InChI is InChI=1S/C27H29ClN4O2/c1-27(2,20-9-11-21(28)12-10-20)26(34)32-17-3-4-23(32)24(29)18-5-7-19(8-6-18)25(33)31-22-13-15-30-16-14-22/h5-16,23-24H,3-4,17,29H2,1-2H3,(H,30,31,33). The lowest BCUT2D eigenvalue weighted by Gasteiger charge is -2.36. The Balaban J connectivity index is 1.47. The van der Waals surface area contributed by atoms with Gasteiger partial charge in [-0.1, -0.05) is 35.9 Å². The van der Waals surface area contributed by atoms with Crippen LogP contribution in [0.4, 0.5) is 5.69 Å². The predicted molar refractivity (Wildman–Crippen MR) is 135 cm³/mol. The fourth-order valence-corrected chi connectivity index (χ4v) is 4.61. The molecule has 2 heterocycles. The lowest BCUT2D eigenvalue weighted by Crippen LogP contribution is -2.49. The number of carbonyl (C=O) groups excluding carboxylic acids is 2. The minimum atomic E-state index is -0.693. The third kappa shape index (κ3) is 4.98. The Morgan fingerprint density at radius 2 is 1.71 bits per heavy atom. The van der Waals surface area contributed by atoms with Crippen LogP contribution >= 0.6 is 11.6 Å². The number of benzene rings is 2. The van der Waals surface area contributed by atoms with Crippen LogP contribution in [0, 0.1) is 0 Å². The number of nitrogens with zero attached hydrogens (tertiary/aromatic N) is 2. The largest absolute Gasteiger partial charge is 0.337 e. The SMILES string of the molecule is CC(C)(C(=O)N1CCCC1C(N)c1ccc(C(=O)Nc2ccncc2)cc1)c1ccc(Cl)cc1. The highest BCUT2D eigenvalue weighted by Gasteiger charge is 2.41. The van der Waals surface area contributed by atoms with Crippen LogP contribution in [0.5, 0.6) is 0 Å². The number of rotatable bonds is 6. The molecule has 1 aliphatic heterocycles. The number of nitrogens with two attached hydrogens (primary N) is 1. The van der Waals surface area contributed by atoms with Crippen LogP contribution in [-0.2, 0) is 10.2 Å². The second-order valence-electron chi connectivity index (χ2n) is 9.18. The second-order valence-corrected chi connectivity index (χ2v) is 9.61. The van der Waals surface area contributed by atoms with Crippen LogP contribution in [-0.4, -0.2) is 34.3 Å². The highest BCUT2D eigenvalue weighted by Crippen LogP contribution is 2.34. The number of anilines is 1. The van der Waals surface area contributed by atoms with Gasteiger partial charge in [0.1, 0.15) is 0 Å². The van der Waals surface area contributed by atoms with Crippen molar-refractivity contribution >= 4 is 29.1 Å². The number of aromatic nitrogens is 1. The van der Waals surface area contributed by atoms with Gasteiger partial charge < -0.3 is 16.0 Å². The van der Waals surface area contributed by atoms with Crippen LogP contribution < -0.4 is 11.1 Å². The molecule has 34 heavy (non-hydrogen) atoms. The zero-order valence-corrected chi connectivity index (χ0v) is 20.1. The monoisotopic (exact) mass is 476 g/mol. The molecule has 3 aromatic rings. The van der Waals surface area contributed by atoms with Crippen molar-refractivity contribution in [3.63, 3.8) is 0 Å². The fraction of sp³-hybridized carbons (Fsp3) is 0.296. The van der Waals surface area contributed by atoms with Gasteiger partial charge in [0.25, 0.3) is 5.91 Å². The molecular weight excluding hydrogens is 448 g/mol. The van der Waals surface area contributed by atoms with E-state index in [1.54, 1.807) is 36.7 Å². The summed E-state index contributed by atoms with van der Waals surface area (Å²) in [5.74, 6) is -0.144. The number of pyridine rings is 1. The molecule has 0 aliphatic carbocycles. The molecule has 176 valence electrons. The molecule has 1 aliphatic rings. The normalized spacial score (nSPS) is 16.8. The number of carbonyl (C=O) groups is 2.